The maximum atomic E-state index is 10.3. The van der Waals surface area contributed by atoms with Gasteiger partial charge in [0, 0.05) is 6.54 Å². The number of aryl methyl sites for hydroxylation is 1. The lowest BCUT2D eigenvalue weighted by Crippen LogP contribution is -2.07. The molecule has 5 heteroatoms. The average molecular weight is 141 g/mol. The molecule has 1 aromatic rings. The molecule has 1 rings (SSSR count). The van der Waals surface area contributed by atoms with Crippen molar-refractivity contribution in [3.8, 4) is 0 Å². The Morgan fingerprint density at radius 1 is 1.90 bits per heavy atom. The van der Waals surface area contributed by atoms with Crippen molar-refractivity contribution in [1.82, 2.24) is 15.0 Å². The highest BCUT2D eigenvalue weighted by Gasteiger charge is 2.08. The largest absolute Gasteiger partial charge is 0.476 e. The Morgan fingerprint density at radius 2 is 2.60 bits per heavy atom. The van der Waals surface area contributed by atoms with Crippen molar-refractivity contribution < 1.29 is 9.90 Å². The number of aromatic carboxylic acids is 1. The van der Waals surface area contributed by atoms with Gasteiger partial charge in [-0.25, -0.2) is 9.48 Å². The summed E-state index contributed by atoms with van der Waals surface area (Å²) >= 11 is 0. The summed E-state index contributed by atoms with van der Waals surface area (Å²) in [5.41, 5.74) is 0.127. The Labute approximate surface area is 57.3 Å². The van der Waals surface area contributed by atoms with E-state index < -0.39 is 5.97 Å². The summed E-state index contributed by atoms with van der Waals surface area (Å²) in [5, 5.41) is 15.5. The second-order valence-corrected chi connectivity index (χ2v) is 1.74. The maximum Gasteiger partial charge on any atom is 0.355 e. The van der Waals surface area contributed by atoms with Crippen molar-refractivity contribution in [2.24, 2.45) is 0 Å². The fourth-order valence-corrected chi connectivity index (χ4v) is 0.657. The van der Waals surface area contributed by atoms with Crippen molar-refractivity contribution in [1.29, 1.82) is 0 Å². The summed E-state index contributed by atoms with van der Waals surface area (Å²) in [5.74, 6) is -0.994. The van der Waals surface area contributed by atoms with E-state index in [1.54, 1.807) is 6.92 Å². The highest BCUT2D eigenvalue weighted by atomic mass is 16.4. The molecule has 1 heterocycles. The zero-order chi connectivity index (χ0) is 7.56. The first kappa shape index (κ1) is 6.73. The number of rotatable bonds is 2. The zero-order valence-corrected chi connectivity index (χ0v) is 5.48. The third-order valence-corrected chi connectivity index (χ3v) is 1.14. The number of carbonyl (C=O) groups is 1. The van der Waals surface area contributed by atoms with E-state index in [0.717, 1.165) is 0 Å². The van der Waals surface area contributed by atoms with Crippen LogP contribution in [0, 0.1) is 0 Å². The van der Waals surface area contributed by atoms with Crippen molar-refractivity contribution in [3.05, 3.63) is 11.9 Å². The van der Waals surface area contributed by atoms with Crippen LogP contribution in [0.4, 0.5) is 0 Å². The second-order valence-electron chi connectivity index (χ2n) is 1.74. The van der Waals surface area contributed by atoms with Gasteiger partial charge in [-0.3, -0.25) is 0 Å². The van der Waals surface area contributed by atoms with Gasteiger partial charge in [0.25, 0.3) is 0 Å². The molecule has 0 amide bonds. The topological polar surface area (TPSA) is 68.0 Å². The first-order chi connectivity index (χ1) is 4.75. The van der Waals surface area contributed by atoms with Crippen LogP contribution in [0.3, 0.4) is 0 Å². The summed E-state index contributed by atoms with van der Waals surface area (Å²) in [4.78, 5) is 10.3. The van der Waals surface area contributed by atoms with Gasteiger partial charge in [-0.2, -0.15) is 0 Å². The van der Waals surface area contributed by atoms with Gasteiger partial charge < -0.3 is 5.11 Å². The molecule has 54 valence electrons. The smallest absolute Gasteiger partial charge is 0.355 e. The third kappa shape index (κ3) is 0.975. The van der Waals surface area contributed by atoms with Crippen LogP contribution in [-0.2, 0) is 6.54 Å². The molecule has 0 aliphatic heterocycles. The summed E-state index contributed by atoms with van der Waals surface area (Å²) in [6.07, 6.45) is 1.23. The predicted molar refractivity (Wildman–Crippen MR) is 32.7 cm³/mol. The minimum atomic E-state index is -0.994. The van der Waals surface area contributed by atoms with E-state index in [9.17, 15) is 4.79 Å². The second kappa shape index (κ2) is 2.47. The number of hydrogen-bond donors (Lipinski definition) is 1. The molecule has 0 unspecified atom stereocenters. The zero-order valence-electron chi connectivity index (χ0n) is 5.48. The standard InChI is InChI=1S/C5H7N3O2/c1-2-8-4(5(9)10)3-6-7-8/h3H,2H2,1H3,(H,9,10). The molecule has 0 aliphatic rings. The number of hydrogen-bond acceptors (Lipinski definition) is 3. The van der Waals surface area contributed by atoms with Crippen LogP contribution in [-0.4, -0.2) is 26.1 Å². The normalized spacial score (nSPS) is 9.70. The Bertz CT molecular complexity index is 243. The van der Waals surface area contributed by atoms with Crippen molar-refractivity contribution in [3.63, 3.8) is 0 Å². The fourth-order valence-electron chi connectivity index (χ4n) is 0.657. The van der Waals surface area contributed by atoms with Gasteiger partial charge in [0.05, 0.1) is 6.20 Å². The Balaban J connectivity index is 3.01. The molecule has 0 aliphatic carbocycles. The van der Waals surface area contributed by atoms with E-state index in [4.69, 9.17) is 5.11 Å². The van der Waals surface area contributed by atoms with Crippen LogP contribution >= 0.6 is 0 Å². The summed E-state index contributed by atoms with van der Waals surface area (Å²) in [6.45, 7) is 2.34. The maximum absolute atomic E-state index is 10.3. The third-order valence-electron chi connectivity index (χ3n) is 1.14. The summed E-state index contributed by atoms with van der Waals surface area (Å²) in [7, 11) is 0. The molecule has 0 spiro atoms. The highest BCUT2D eigenvalue weighted by Crippen LogP contribution is 1.94. The number of carboxylic acids is 1. The van der Waals surface area contributed by atoms with Crippen LogP contribution in [0.15, 0.2) is 6.20 Å². The first-order valence-electron chi connectivity index (χ1n) is 2.87. The van der Waals surface area contributed by atoms with Gasteiger partial charge in [-0.1, -0.05) is 5.21 Å². The van der Waals surface area contributed by atoms with E-state index in [1.165, 1.54) is 10.9 Å². The number of aromatic nitrogens is 3. The Kier molecular flexibility index (Phi) is 1.66. The van der Waals surface area contributed by atoms with Crippen LogP contribution in [0.5, 0.6) is 0 Å². The van der Waals surface area contributed by atoms with E-state index in [-0.39, 0.29) is 5.69 Å². The molecule has 0 saturated heterocycles. The van der Waals surface area contributed by atoms with Gasteiger partial charge >= 0.3 is 5.97 Å². The van der Waals surface area contributed by atoms with Gasteiger partial charge in [0.2, 0.25) is 0 Å². The molecule has 5 nitrogen and oxygen atoms in total. The quantitative estimate of drug-likeness (QED) is 0.629. The minimum absolute atomic E-state index is 0.127. The average Bonchev–Trinajstić information content (AvgIpc) is 2.33. The lowest BCUT2D eigenvalue weighted by Gasteiger charge is -1.94. The predicted octanol–water partition coefficient (Wildman–Crippen LogP) is -0.00380. The van der Waals surface area contributed by atoms with Crippen LogP contribution in [0.2, 0.25) is 0 Å². The van der Waals surface area contributed by atoms with Crippen LogP contribution in [0.1, 0.15) is 17.4 Å². The lowest BCUT2D eigenvalue weighted by atomic mass is 10.5. The summed E-state index contributed by atoms with van der Waals surface area (Å²) in [6, 6.07) is 0. The van der Waals surface area contributed by atoms with Gasteiger partial charge in [0.15, 0.2) is 5.69 Å². The lowest BCUT2D eigenvalue weighted by molar-refractivity contribution is 0.0683. The van der Waals surface area contributed by atoms with Crippen molar-refractivity contribution in [2.45, 2.75) is 13.5 Å². The minimum Gasteiger partial charge on any atom is -0.476 e. The number of carboxylic acid groups (broad SMARTS) is 1. The van der Waals surface area contributed by atoms with Gasteiger partial charge in [-0.05, 0) is 6.92 Å². The molecule has 0 aromatic carbocycles. The molecule has 0 atom stereocenters. The molecule has 10 heavy (non-hydrogen) atoms. The van der Waals surface area contributed by atoms with Crippen molar-refractivity contribution in [2.75, 3.05) is 0 Å². The summed E-state index contributed by atoms with van der Waals surface area (Å²) < 4.78 is 1.32. The Morgan fingerprint density at radius 3 is 3.00 bits per heavy atom. The number of nitrogens with zero attached hydrogens (tertiary/aromatic N) is 3. The van der Waals surface area contributed by atoms with E-state index in [1.807, 2.05) is 0 Å². The molecule has 0 saturated carbocycles. The molecular formula is C5H7N3O2. The van der Waals surface area contributed by atoms with E-state index in [0.29, 0.717) is 6.54 Å². The molecule has 1 aromatic heterocycles. The van der Waals surface area contributed by atoms with Crippen molar-refractivity contribution >= 4 is 5.97 Å². The first-order valence-corrected chi connectivity index (χ1v) is 2.87. The molecule has 0 radical (unpaired) electrons. The SMILES string of the molecule is CCn1nncc1C(=O)O. The van der Waals surface area contributed by atoms with Gasteiger partial charge in [-0.15, -0.1) is 5.10 Å². The van der Waals surface area contributed by atoms with Gasteiger partial charge in [0.1, 0.15) is 0 Å². The molecule has 1 N–H and O–H groups in total. The fraction of sp³-hybridized carbons (Fsp3) is 0.400. The van der Waals surface area contributed by atoms with E-state index >= 15 is 0 Å². The molecular weight excluding hydrogens is 134 g/mol. The molecule has 0 fully saturated rings. The monoisotopic (exact) mass is 141 g/mol. The molecule has 0 bridgehead atoms. The van der Waals surface area contributed by atoms with E-state index in [2.05, 4.69) is 10.3 Å². The van der Waals surface area contributed by atoms with Crippen LogP contribution < -0.4 is 0 Å². The van der Waals surface area contributed by atoms with Crippen LogP contribution in [0.25, 0.3) is 0 Å². The highest BCUT2D eigenvalue weighted by molar-refractivity contribution is 5.85. The Hall–Kier alpha value is -1.39.